The Morgan fingerprint density at radius 2 is 2.21 bits per heavy atom. The Labute approximate surface area is 78.4 Å². The summed E-state index contributed by atoms with van der Waals surface area (Å²) in [6, 6.07) is 4.85. The zero-order valence-electron chi connectivity index (χ0n) is 7.13. The van der Waals surface area contributed by atoms with E-state index in [2.05, 4.69) is 9.97 Å². The number of hydrogen-bond donors (Lipinski definition) is 1. The van der Waals surface area contributed by atoms with E-state index in [1.54, 1.807) is 18.2 Å². The fourth-order valence-electron chi connectivity index (χ4n) is 1.33. The maximum absolute atomic E-state index is 12.3. The maximum atomic E-state index is 12.3. The molecular formula is C9H7F2N2O. The van der Waals surface area contributed by atoms with Gasteiger partial charge in [0.1, 0.15) is 6.61 Å². The number of benzene rings is 1. The number of rotatable bonds is 2. The van der Waals surface area contributed by atoms with Gasteiger partial charge < -0.3 is 4.98 Å². The van der Waals surface area contributed by atoms with Gasteiger partial charge in [0.2, 0.25) is 0 Å². The molecule has 0 saturated heterocycles. The molecule has 1 aromatic heterocycles. The lowest BCUT2D eigenvalue weighted by Crippen LogP contribution is -1.86. The van der Waals surface area contributed by atoms with Crippen molar-refractivity contribution in [3.05, 3.63) is 29.6 Å². The molecule has 0 aliphatic heterocycles. The number of hydrogen-bond acceptors (Lipinski definition) is 1. The van der Waals surface area contributed by atoms with Crippen molar-refractivity contribution in [1.82, 2.24) is 9.97 Å². The number of H-pyrrole nitrogens is 1. The number of imidazole rings is 1. The molecule has 0 atom stereocenters. The van der Waals surface area contributed by atoms with E-state index in [0.29, 0.717) is 16.6 Å². The quantitative estimate of drug-likeness (QED) is 0.789. The van der Waals surface area contributed by atoms with Gasteiger partial charge >= 0.3 is 0 Å². The molecule has 0 bridgehead atoms. The number of halogens is 2. The molecule has 0 aliphatic rings. The van der Waals surface area contributed by atoms with Crippen molar-refractivity contribution in [1.29, 1.82) is 0 Å². The predicted molar refractivity (Wildman–Crippen MR) is 45.4 cm³/mol. The number of fused-ring (bicyclic) bond motifs is 1. The Balaban J connectivity index is 2.64. The van der Waals surface area contributed by atoms with Crippen LogP contribution in [-0.2, 0) is 11.7 Å². The van der Waals surface area contributed by atoms with Gasteiger partial charge in [0.15, 0.2) is 5.82 Å². The lowest BCUT2D eigenvalue weighted by molar-refractivity contribution is 0.141. The predicted octanol–water partition coefficient (Wildman–Crippen LogP) is 2.43. The average molecular weight is 197 g/mol. The molecule has 0 unspecified atom stereocenters. The molecule has 0 aliphatic carbocycles. The van der Waals surface area contributed by atoms with Crippen LogP contribution in [0.4, 0.5) is 8.78 Å². The molecule has 0 amide bonds. The van der Waals surface area contributed by atoms with E-state index < -0.39 is 13.0 Å². The van der Waals surface area contributed by atoms with Crippen molar-refractivity contribution in [2.45, 2.75) is 13.0 Å². The summed E-state index contributed by atoms with van der Waals surface area (Å²) in [5.74, 6) is -0.388. The van der Waals surface area contributed by atoms with Crippen LogP contribution in [0.5, 0.6) is 0 Å². The van der Waals surface area contributed by atoms with Crippen molar-refractivity contribution in [3.8, 4) is 0 Å². The molecule has 1 aromatic carbocycles. The highest BCUT2D eigenvalue weighted by Gasteiger charge is 2.13. The van der Waals surface area contributed by atoms with Crippen molar-refractivity contribution in [2.75, 3.05) is 0 Å². The summed E-state index contributed by atoms with van der Waals surface area (Å²) in [5, 5.41) is 10.7. The number of alkyl halides is 2. The average Bonchev–Trinajstić information content (AvgIpc) is 2.60. The molecule has 2 rings (SSSR count). The van der Waals surface area contributed by atoms with Gasteiger partial charge in [-0.3, -0.25) is 0 Å². The Morgan fingerprint density at radius 3 is 2.86 bits per heavy atom. The van der Waals surface area contributed by atoms with E-state index in [1.165, 1.54) is 0 Å². The highest BCUT2D eigenvalue weighted by atomic mass is 19.3. The van der Waals surface area contributed by atoms with E-state index in [4.69, 9.17) is 0 Å². The zero-order valence-corrected chi connectivity index (χ0v) is 7.13. The Bertz CT molecular complexity index is 453. The summed E-state index contributed by atoms with van der Waals surface area (Å²) in [7, 11) is 0. The fraction of sp³-hybridized carbons (Fsp3) is 0.222. The SMILES string of the molecule is [O]Cc1cccc2[nH]c(C(F)F)nc12. The lowest BCUT2D eigenvalue weighted by Gasteiger charge is -1.93. The lowest BCUT2D eigenvalue weighted by atomic mass is 10.2. The first-order valence-corrected chi connectivity index (χ1v) is 4.06. The van der Waals surface area contributed by atoms with Gasteiger partial charge in [-0.25, -0.2) is 18.9 Å². The second-order valence-electron chi connectivity index (χ2n) is 2.88. The van der Waals surface area contributed by atoms with Gasteiger partial charge in [0.25, 0.3) is 6.43 Å². The van der Waals surface area contributed by atoms with Crippen molar-refractivity contribution >= 4 is 11.0 Å². The van der Waals surface area contributed by atoms with E-state index in [0.717, 1.165) is 0 Å². The number of nitrogens with one attached hydrogen (secondary N) is 1. The minimum atomic E-state index is -2.64. The molecule has 1 heterocycles. The second kappa shape index (κ2) is 3.34. The summed E-state index contributed by atoms with van der Waals surface area (Å²) in [6.45, 7) is -0.454. The smallest absolute Gasteiger partial charge is 0.295 e. The van der Waals surface area contributed by atoms with Crippen LogP contribution in [0.2, 0.25) is 0 Å². The normalized spacial score (nSPS) is 11.4. The van der Waals surface area contributed by atoms with Gasteiger partial charge in [-0.2, -0.15) is 0 Å². The molecule has 14 heavy (non-hydrogen) atoms. The molecule has 0 fully saturated rings. The first-order valence-electron chi connectivity index (χ1n) is 4.06. The van der Waals surface area contributed by atoms with E-state index >= 15 is 0 Å². The monoisotopic (exact) mass is 197 g/mol. The van der Waals surface area contributed by atoms with E-state index in [-0.39, 0.29) is 5.82 Å². The number of aromatic amines is 1. The van der Waals surface area contributed by atoms with Crippen LogP contribution in [0.25, 0.3) is 11.0 Å². The summed E-state index contributed by atoms with van der Waals surface area (Å²) in [6.07, 6.45) is -2.64. The second-order valence-corrected chi connectivity index (χ2v) is 2.88. The van der Waals surface area contributed by atoms with Crippen LogP contribution < -0.4 is 0 Å². The third-order valence-electron chi connectivity index (χ3n) is 1.98. The maximum Gasteiger partial charge on any atom is 0.295 e. The molecule has 5 heteroatoms. The minimum Gasteiger partial charge on any atom is -0.337 e. The highest BCUT2D eigenvalue weighted by molar-refractivity contribution is 5.78. The molecule has 1 N–H and O–H groups in total. The topological polar surface area (TPSA) is 48.6 Å². The number of nitrogens with zero attached hydrogens (tertiary/aromatic N) is 1. The summed E-state index contributed by atoms with van der Waals surface area (Å²) < 4.78 is 24.5. The van der Waals surface area contributed by atoms with Gasteiger partial charge in [0.05, 0.1) is 11.0 Å². The van der Waals surface area contributed by atoms with Crippen LogP contribution in [0.15, 0.2) is 18.2 Å². The summed E-state index contributed by atoms with van der Waals surface area (Å²) in [4.78, 5) is 6.15. The summed E-state index contributed by atoms with van der Waals surface area (Å²) >= 11 is 0. The molecule has 0 saturated carbocycles. The molecular weight excluding hydrogens is 190 g/mol. The Hall–Kier alpha value is -1.49. The largest absolute Gasteiger partial charge is 0.337 e. The standard InChI is InChI=1S/C9H7F2N2O/c10-8(11)9-12-6-3-1-2-5(4-14)7(6)13-9/h1-3,8H,4H2,(H,12,13). The highest BCUT2D eigenvalue weighted by Crippen LogP contribution is 2.22. The third-order valence-corrected chi connectivity index (χ3v) is 1.98. The van der Waals surface area contributed by atoms with Crippen molar-refractivity contribution in [3.63, 3.8) is 0 Å². The summed E-state index contributed by atoms with van der Waals surface area (Å²) in [5.41, 5.74) is 1.26. The molecule has 3 nitrogen and oxygen atoms in total. The van der Waals surface area contributed by atoms with Crippen molar-refractivity contribution in [2.24, 2.45) is 0 Å². The number of aromatic nitrogens is 2. The molecule has 2 aromatic rings. The number of para-hydroxylation sites is 1. The molecule has 73 valence electrons. The van der Waals surface area contributed by atoms with Crippen LogP contribution in [0.3, 0.4) is 0 Å². The van der Waals surface area contributed by atoms with Crippen LogP contribution >= 0.6 is 0 Å². The third kappa shape index (κ3) is 1.35. The van der Waals surface area contributed by atoms with Gasteiger partial charge in [-0.1, -0.05) is 12.1 Å². The van der Waals surface area contributed by atoms with Crippen LogP contribution in [0.1, 0.15) is 17.8 Å². The van der Waals surface area contributed by atoms with Crippen LogP contribution in [-0.4, -0.2) is 9.97 Å². The first kappa shape index (κ1) is 9.08. The Morgan fingerprint density at radius 1 is 1.43 bits per heavy atom. The van der Waals surface area contributed by atoms with Crippen LogP contribution in [0, 0.1) is 0 Å². The fourth-order valence-corrected chi connectivity index (χ4v) is 1.33. The van der Waals surface area contributed by atoms with E-state index in [1.807, 2.05) is 0 Å². The Kier molecular flexibility index (Phi) is 2.17. The minimum absolute atomic E-state index is 0.345. The zero-order chi connectivity index (χ0) is 10.1. The molecule has 0 spiro atoms. The molecule has 1 radical (unpaired) electrons. The van der Waals surface area contributed by atoms with Crippen molar-refractivity contribution < 1.29 is 13.9 Å². The van der Waals surface area contributed by atoms with Gasteiger partial charge in [0, 0.05) is 5.56 Å². The van der Waals surface area contributed by atoms with Gasteiger partial charge in [-0.05, 0) is 6.07 Å². The van der Waals surface area contributed by atoms with E-state index in [9.17, 15) is 13.9 Å². The van der Waals surface area contributed by atoms with Gasteiger partial charge in [-0.15, -0.1) is 0 Å². The first-order chi connectivity index (χ1) is 6.72.